The highest BCUT2D eigenvalue weighted by Gasteiger charge is 2.12. The summed E-state index contributed by atoms with van der Waals surface area (Å²) < 4.78 is 22.2. The highest BCUT2D eigenvalue weighted by Crippen LogP contribution is 2.23. The third-order valence-electron chi connectivity index (χ3n) is 2.70. The van der Waals surface area contributed by atoms with Gasteiger partial charge in [-0.05, 0) is 18.2 Å². The molecule has 0 aliphatic heterocycles. The molecule has 10 heteroatoms. The zero-order chi connectivity index (χ0) is 16.3. The molecule has 0 aliphatic rings. The third-order valence-corrected chi connectivity index (χ3v) is 4.49. The minimum atomic E-state index is -3.61. The molecular formula is C12H13N3O5S2. The van der Waals surface area contributed by atoms with Crippen molar-refractivity contribution in [2.75, 3.05) is 12.3 Å². The predicted octanol–water partition coefficient (Wildman–Crippen LogP) is -0.0583. The van der Waals surface area contributed by atoms with Crippen molar-refractivity contribution < 1.29 is 23.1 Å². The number of nitrogens with one attached hydrogen (secondary N) is 1. The zero-order valence-electron chi connectivity index (χ0n) is 11.3. The van der Waals surface area contributed by atoms with E-state index in [2.05, 4.69) is 10.3 Å². The zero-order valence-corrected chi connectivity index (χ0v) is 12.9. The Balaban J connectivity index is 2.02. The molecule has 0 atom stereocenters. The predicted molar refractivity (Wildman–Crippen MR) is 81.3 cm³/mol. The second kappa shape index (κ2) is 6.38. The van der Waals surface area contributed by atoms with Crippen LogP contribution < -0.4 is 10.5 Å². The quantitative estimate of drug-likeness (QED) is 0.671. The number of thiazole rings is 1. The van der Waals surface area contributed by atoms with E-state index in [9.17, 15) is 18.0 Å². The molecule has 2 rings (SSSR count). The molecule has 0 aliphatic carbocycles. The standard InChI is InChI=1S/C12H13N3O5S2/c13-22(19,20)4-3-14-10(16)6-11-15-8-2-1-7(12(17)18)5-9(8)21-11/h1-2,5H,3-4,6H2,(H,14,16)(H,17,18)(H2,13,19,20). The molecule has 0 spiro atoms. The Morgan fingerprint density at radius 2 is 2.09 bits per heavy atom. The maximum atomic E-state index is 11.7. The van der Waals surface area contributed by atoms with Crippen molar-refractivity contribution in [3.8, 4) is 0 Å². The number of carboxylic acids is 1. The highest BCUT2D eigenvalue weighted by molar-refractivity contribution is 7.89. The number of carbonyl (C=O) groups excluding carboxylic acids is 1. The molecule has 2 aromatic rings. The van der Waals surface area contributed by atoms with Gasteiger partial charge in [0.15, 0.2) is 0 Å². The van der Waals surface area contributed by atoms with Crippen LogP contribution in [0.1, 0.15) is 15.4 Å². The van der Waals surface area contributed by atoms with Crippen molar-refractivity contribution in [3.05, 3.63) is 28.8 Å². The first-order chi connectivity index (χ1) is 10.2. The largest absolute Gasteiger partial charge is 0.478 e. The Hall–Kier alpha value is -2.04. The Bertz CT molecular complexity index is 828. The minimum Gasteiger partial charge on any atom is -0.478 e. The molecule has 0 saturated carbocycles. The molecule has 118 valence electrons. The molecule has 22 heavy (non-hydrogen) atoms. The van der Waals surface area contributed by atoms with Gasteiger partial charge in [0.05, 0.1) is 28.0 Å². The fourth-order valence-corrected chi connectivity index (χ4v) is 3.11. The molecule has 0 saturated heterocycles. The Morgan fingerprint density at radius 1 is 1.36 bits per heavy atom. The molecule has 1 amide bonds. The minimum absolute atomic E-state index is 0.00757. The lowest BCUT2D eigenvalue weighted by molar-refractivity contribution is -0.120. The lowest BCUT2D eigenvalue weighted by Crippen LogP contribution is -2.32. The fraction of sp³-hybridized carbons (Fsp3) is 0.250. The maximum absolute atomic E-state index is 11.7. The van der Waals surface area contributed by atoms with E-state index < -0.39 is 16.0 Å². The van der Waals surface area contributed by atoms with Gasteiger partial charge in [0.1, 0.15) is 5.01 Å². The number of nitrogens with zero attached hydrogens (tertiary/aromatic N) is 1. The van der Waals surface area contributed by atoms with Crippen molar-refractivity contribution in [1.29, 1.82) is 0 Å². The van der Waals surface area contributed by atoms with Gasteiger partial charge in [-0.15, -0.1) is 11.3 Å². The first kappa shape index (κ1) is 16.3. The second-order valence-corrected chi connectivity index (χ2v) is 7.34. The molecule has 1 heterocycles. The SMILES string of the molecule is NS(=O)(=O)CCNC(=O)Cc1nc2ccc(C(=O)O)cc2s1. The number of amides is 1. The van der Waals surface area contributed by atoms with Crippen LogP contribution in [0.4, 0.5) is 0 Å². The molecule has 0 unspecified atom stereocenters. The lowest BCUT2D eigenvalue weighted by atomic mass is 10.2. The van der Waals surface area contributed by atoms with Crippen LogP contribution in [-0.4, -0.2) is 42.7 Å². The summed E-state index contributed by atoms with van der Waals surface area (Å²) in [6.45, 7) is -0.0638. The van der Waals surface area contributed by atoms with Gasteiger partial charge in [0, 0.05) is 6.54 Å². The number of sulfonamides is 1. The van der Waals surface area contributed by atoms with Gasteiger partial charge in [0.25, 0.3) is 0 Å². The first-order valence-electron chi connectivity index (χ1n) is 6.14. The van der Waals surface area contributed by atoms with Crippen LogP contribution in [0.15, 0.2) is 18.2 Å². The Morgan fingerprint density at radius 3 is 2.73 bits per heavy atom. The molecule has 1 aromatic heterocycles. The fourth-order valence-electron chi connectivity index (χ4n) is 1.71. The van der Waals surface area contributed by atoms with E-state index in [1.807, 2.05) is 0 Å². The lowest BCUT2D eigenvalue weighted by Gasteiger charge is -2.02. The average molecular weight is 343 g/mol. The molecule has 0 bridgehead atoms. The number of aromatic nitrogens is 1. The van der Waals surface area contributed by atoms with E-state index in [0.717, 1.165) is 0 Å². The van der Waals surface area contributed by atoms with Gasteiger partial charge in [-0.25, -0.2) is 23.3 Å². The van der Waals surface area contributed by atoms with Crippen LogP contribution in [0.3, 0.4) is 0 Å². The summed E-state index contributed by atoms with van der Waals surface area (Å²) in [5.74, 6) is -1.74. The van der Waals surface area contributed by atoms with Gasteiger partial charge in [-0.3, -0.25) is 4.79 Å². The number of benzene rings is 1. The maximum Gasteiger partial charge on any atom is 0.335 e. The summed E-state index contributed by atoms with van der Waals surface area (Å²) >= 11 is 1.22. The van der Waals surface area contributed by atoms with E-state index in [4.69, 9.17) is 10.2 Å². The molecule has 0 radical (unpaired) electrons. The van der Waals surface area contributed by atoms with Crippen LogP contribution in [0.5, 0.6) is 0 Å². The number of hydrogen-bond donors (Lipinski definition) is 3. The van der Waals surface area contributed by atoms with Gasteiger partial charge in [0.2, 0.25) is 15.9 Å². The normalized spacial score (nSPS) is 11.5. The summed E-state index contributed by atoms with van der Waals surface area (Å²) in [5, 5.41) is 16.7. The van der Waals surface area contributed by atoms with Crippen molar-refractivity contribution in [1.82, 2.24) is 10.3 Å². The van der Waals surface area contributed by atoms with Crippen LogP contribution in [0, 0.1) is 0 Å². The summed E-state index contributed by atoms with van der Waals surface area (Å²) in [6.07, 6.45) is -0.00757. The number of aromatic carboxylic acids is 1. The number of carboxylic acid groups (broad SMARTS) is 1. The van der Waals surface area contributed by atoms with Gasteiger partial charge in [-0.1, -0.05) is 0 Å². The number of fused-ring (bicyclic) bond motifs is 1. The van der Waals surface area contributed by atoms with Gasteiger partial charge >= 0.3 is 5.97 Å². The summed E-state index contributed by atoms with van der Waals surface area (Å²) in [6, 6.07) is 4.52. The molecular weight excluding hydrogens is 330 g/mol. The van der Waals surface area contributed by atoms with Crippen LogP contribution >= 0.6 is 11.3 Å². The van der Waals surface area contributed by atoms with Crippen LogP contribution in [0.2, 0.25) is 0 Å². The van der Waals surface area contributed by atoms with E-state index in [1.54, 1.807) is 6.07 Å². The average Bonchev–Trinajstić information content (AvgIpc) is 2.77. The smallest absolute Gasteiger partial charge is 0.335 e. The molecule has 4 N–H and O–H groups in total. The number of carbonyl (C=O) groups is 2. The number of nitrogens with two attached hydrogens (primary N) is 1. The van der Waals surface area contributed by atoms with E-state index in [1.165, 1.54) is 23.5 Å². The molecule has 1 aromatic carbocycles. The summed E-state index contributed by atoms with van der Waals surface area (Å²) in [4.78, 5) is 26.8. The summed E-state index contributed by atoms with van der Waals surface area (Å²) in [5.41, 5.74) is 0.766. The highest BCUT2D eigenvalue weighted by atomic mass is 32.2. The summed E-state index contributed by atoms with van der Waals surface area (Å²) in [7, 11) is -3.61. The van der Waals surface area contributed by atoms with Gasteiger partial charge in [-0.2, -0.15) is 0 Å². The second-order valence-electron chi connectivity index (χ2n) is 4.49. The van der Waals surface area contributed by atoms with Crippen molar-refractivity contribution in [3.63, 3.8) is 0 Å². The number of primary sulfonamides is 1. The van der Waals surface area contributed by atoms with Crippen molar-refractivity contribution in [2.45, 2.75) is 6.42 Å². The van der Waals surface area contributed by atoms with Crippen molar-refractivity contribution >= 4 is 43.5 Å². The number of rotatable bonds is 6. The Kier molecular flexibility index (Phi) is 4.74. The topological polar surface area (TPSA) is 139 Å². The number of hydrogen-bond acceptors (Lipinski definition) is 6. The Labute approximate surface area is 130 Å². The monoisotopic (exact) mass is 343 g/mol. The van der Waals surface area contributed by atoms with Crippen LogP contribution in [0.25, 0.3) is 10.2 Å². The van der Waals surface area contributed by atoms with E-state index >= 15 is 0 Å². The van der Waals surface area contributed by atoms with Crippen LogP contribution in [-0.2, 0) is 21.2 Å². The van der Waals surface area contributed by atoms with E-state index in [0.29, 0.717) is 15.2 Å². The molecule has 0 fully saturated rings. The molecule has 8 nitrogen and oxygen atoms in total. The van der Waals surface area contributed by atoms with Gasteiger partial charge < -0.3 is 10.4 Å². The van der Waals surface area contributed by atoms with E-state index in [-0.39, 0.29) is 30.2 Å². The third kappa shape index (κ3) is 4.48. The van der Waals surface area contributed by atoms with Crippen molar-refractivity contribution in [2.24, 2.45) is 5.14 Å². The first-order valence-corrected chi connectivity index (χ1v) is 8.68.